The monoisotopic (exact) mass is 144 g/mol. The minimum Gasteiger partial charge on any atom is -0.0616 e. The van der Waals surface area contributed by atoms with Crippen LogP contribution in [0.5, 0.6) is 0 Å². The van der Waals surface area contributed by atoms with Crippen LogP contribution in [0.3, 0.4) is 0 Å². The second kappa shape index (κ2) is 3.17. The molecule has 11 heavy (non-hydrogen) atoms. The van der Waals surface area contributed by atoms with Crippen LogP contribution in [-0.4, -0.2) is 0 Å². The van der Waals surface area contributed by atoms with Crippen molar-refractivity contribution in [2.75, 3.05) is 0 Å². The molecular formula is C10H8O. The summed E-state index contributed by atoms with van der Waals surface area (Å²) in [6, 6.07) is 16.7. The van der Waals surface area contributed by atoms with Crippen molar-refractivity contribution in [3.05, 3.63) is 48.5 Å². The average molecular weight is 144 g/mol. The SMILES string of the molecule is [O].c1ccc2ccccc2c1. The highest BCUT2D eigenvalue weighted by molar-refractivity contribution is 5.81. The second-order valence-corrected chi connectivity index (χ2v) is 2.35. The molecule has 0 aliphatic carbocycles. The lowest BCUT2D eigenvalue weighted by molar-refractivity contribution is 0.686. The highest BCUT2D eigenvalue weighted by Gasteiger charge is 1.85. The first-order valence-corrected chi connectivity index (χ1v) is 3.40. The van der Waals surface area contributed by atoms with Crippen molar-refractivity contribution < 1.29 is 5.48 Å². The topological polar surface area (TPSA) is 28.5 Å². The Bertz CT molecular complexity index is 276. The first-order valence-electron chi connectivity index (χ1n) is 3.40. The van der Waals surface area contributed by atoms with Crippen molar-refractivity contribution in [1.82, 2.24) is 0 Å². The lowest BCUT2D eigenvalue weighted by Crippen LogP contribution is -1.67. The molecule has 2 aromatic rings. The van der Waals surface area contributed by atoms with Crippen LogP contribution in [0.2, 0.25) is 0 Å². The molecule has 2 aromatic carbocycles. The van der Waals surface area contributed by atoms with Gasteiger partial charge in [-0.25, -0.2) is 0 Å². The van der Waals surface area contributed by atoms with Gasteiger partial charge in [0.05, 0.1) is 0 Å². The fourth-order valence-electron chi connectivity index (χ4n) is 1.13. The zero-order chi connectivity index (χ0) is 6.81. The molecule has 2 radical (unpaired) electrons. The van der Waals surface area contributed by atoms with Gasteiger partial charge in [-0.05, 0) is 10.8 Å². The van der Waals surface area contributed by atoms with Crippen LogP contribution in [0.25, 0.3) is 10.8 Å². The van der Waals surface area contributed by atoms with Crippen LogP contribution in [-0.2, 0) is 5.48 Å². The number of rotatable bonds is 0. The summed E-state index contributed by atoms with van der Waals surface area (Å²) in [6.45, 7) is 0. The number of fused-ring (bicyclic) bond motifs is 1. The van der Waals surface area contributed by atoms with Crippen molar-refractivity contribution >= 4 is 10.8 Å². The Labute approximate surface area is 65.6 Å². The van der Waals surface area contributed by atoms with Crippen LogP contribution in [0.1, 0.15) is 0 Å². The van der Waals surface area contributed by atoms with Crippen LogP contribution in [0.15, 0.2) is 48.5 Å². The van der Waals surface area contributed by atoms with Gasteiger partial charge in [-0.15, -0.1) is 0 Å². The normalized spacial score (nSPS) is 9.09. The molecule has 0 amide bonds. The Morgan fingerprint density at radius 1 is 0.545 bits per heavy atom. The van der Waals surface area contributed by atoms with Gasteiger partial charge in [0.25, 0.3) is 0 Å². The minimum atomic E-state index is 0. The summed E-state index contributed by atoms with van der Waals surface area (Å²) < 4.78 is 0. The quantitative estimate of drug-likeness (QED) is 0.544. The number of hydrogen-bond acceptors (Lipinski definition) is 0. The summed E-state index contributed by atoms with van der Waals surface area (Å²) >= 11 is 0. The van der Waals surface area contributed by atoms with Gasteiger partial charge in [-0.3, -0.25) is 0 Å². The van der Waals surface area contributed by atoms with Gasteiger partial charge in [-0.1, -0.05) is 48.5 Å². The summed E-state index contributed by atoms with van der Waals surface area (Å²) in [5.41, 5.74) is 0. The van der Waals surface area contributed by atoms with E-state index in [1.807, 2.05) is 0 Å². The predicted molar refractivity (Wildman–Crippen MR) is 44.6 cm³/mol. The van der Waals surface area contributed by atoms with E-state index in [-0.39, 0.29) is 5.48 Å². The Balaban J connectivity index is 0.000000605. The van der Waals surface area contributed by atoms with Gasteiger partial charge >= 0.3 is 0 Å². The van der Waals surface area contributed by atoms with Crippen LogP contribution in [0, 0.1) is 0 Å². The summed E-state index contributed by atoms with van der Waals surface area (Å²) in [4.78, 5) is 0. The fraction of sp³-hybridized carbons (Fsp3) is 0. The van der Waals surface area contributed by atoms with E-state index in [0.29, 0.717) is 0 Å². The third-order valence-electron chi connectivity index (χ3n) is 1.66. The van der Waals surface area contributed by atoms with Gasteiger partial charge in [0.2, 0.25) is 0 Å². The highest BCUT2D eigenvalue weighted by Crippen LogP contribution is 2.11. The van der Waals surface area contributed by atoms with E-state index in [1.54, 1.807) is 0 Å². The summed E-state index contributed by atoms with van der Waals surface area (Å²) in [5.74, 6) is 0. The molecule has 0 fully saturated rings. The molecule has 1 heteroatoms. The standard InChI is InChI=1S/C10H8.O/c1-2-6-10-8-4-3-7-9(10)5-1;/h1-8H;. The van der Waals surface area contributed by atoms with Gasteiger partial charge in [0.15, 0.2) is 0 Å². The van der Waals surface area contributed by atoms with E-state index in [2.05, 4.69) is 48.5 Å². The maximum atomic E-state index is 2.12. The first-order chi connectivity index (χ1) is 4.97. The van der Waals surface area contributed by atoms with E-state index in [0.717, 1.165) is 0 Å². The Kier molecular flexibility index (Phi) is 2.24. The molecule has 0 spiro atoms. The van der Waals surface area contributed by atoms with Gasteiger partial charge in [-0.2, -0.15) is 0 Å². The smallest absolute Gasteiger partial charge is 0 e. The van der Waals surface area contributed by atoms with Gasteiger partial charge in [0, 0.05) is 5.48 Å². The maximum Gasteiger partial charge on any atom is 0 e. The Morgan fingerprint density at radius 3 is 1.09 bits per heavy atom. The molecule has 0 heterocycles. The van der Waals surface area contributed by atoms with E-state index in [9.17, 15) is 0 Å². The maximum absolute atomic E-state index is 2.12. The molecule has 0 saturated carbocycles. The van der Waals surface area contributed by atoms with E-state index in [1.165, 1.54) is 10.8 Å². The summed E-state index contributed by atoms with van der Waals surface area (Å²) in [6.07, 6.45) is 0. The molecule has 0 aliphatic rings. The molecule has 0 atom stereocenters. The van der Waals surface area contributed by atoms with Crippen molar-refractivity contribution in [2.24, 2.45) is 0 Å². The Morgan fingerprint density at radius 2 is 0.818 bits per heavy atom. The number of benzene rings is 2. The summed E-state index contributed by atoms with van der Waals surface area (Å²) in [7, 11) is 0. The molecule has 0 unspecified atom stereocenters. The predicted octanol–water partition coefficient (Wildman–Crippen LogP) is 2.72. The van der Waals surface area contributed by atoms with Gasteiger partial charge < -0.3 is 0 Å². The van der Waals surface area contributed by atoms with E-state index >= 15 is 0 Å². The molecule has 0 saturated heterocycles. The zero-order valence-electron chi connectivity index (χ0n) is 6.03. The van der Waals surface area contributed by atoms with Crippen molar-refractivity contribution in [1.29, 1.82) is 0 Å². The van der Waals surface area contributed by atoms with E-state index < -0.39 is 0 Å². The minimum absolute atomic E-state index is 0. The third-order valence-corrected chi connectivity index (χ3v) is 1.66. The molecule has 0 aromatic heterocycles. The lowest BCUT2D eigenvalue weighted by atomic mass is 10.1. The molecular weight excluding hydrogens is 136 g/mol. The van der Waals surface area contributed by atoms with Gasteiger partial charge in [0.1, 0.15) is 0 Å². The number of hydrogen-bond donors (Lipinski definition) is 0. The fourth-order valence-corrected chi connectivity index (χ4v) is 1.13. The first kappa shape index (κ1) is 7.76. The largest absolute Gasteiger partial charge is 0.0616 e. The molecule has 0 aliphatic heterocycles. The second-order valence-electron chi connectivity index (χ2n) is 2.35. The van der Waals surface area contributed by atoms with Crippen molar-refractivity contribution in [3.63, 3.8) is 0 Å². The molecule has 1 nitrogen and oxygen atoms in total. The van der Waals surface area contributed by atoms with E-state index in [4.69, 9.17) is 0 Å². The summed E-state index contributed by atoms with van der Waals surface area (Å²) in [5, 5.41) is 2.62. The lowest BCUT2D eigenvalue weighted by Gasteiger charge is -1.92. The van der Waals surface area contributed by atoms with Crippen LogP contribution in [0.4, 0.5) is 0 Å². The molecule has 0 N–H and O–H groups in total. The van der Waals surface area contributed by atoms with Crippen LogP contribution >= 0.6 is 0 Å². The molecule has 0 bridgehead atoms. The van der Waals surface area contributed by atoms with Crippen molar-refractivity contribution in [2.45, 2.75) is 0 Å². The molecule has 2 rings (SSSR count). The van der Waals surface area contributed by atoms with Crippen LogP contribution < -0.4 is 0 Å². The highest BCUT2D eigenvalue weighted by atomic mass is 16.0. The average Bonchev–Trinajstić information content (AvgIpc) is 2.05. The third kappa shape index (κ3) is 1.38. The van der Waals surface area contributed by atoms with Crippen molar-refractivity contribution in [3.8, 4) is 0 Å². The molecule has 54 valence electrons. The Hall–Kier alpha value is -1.34. The zero-order valence-corrected chi connectivity index (χ0v) is 6.03.